The molecule has 1 aliphatic heterocycles. The van der Waals surface area contributed by atoms with Crippen molar-refractivity contribution >= 4 is 0 Å². The smallest absolute Gasteiger partial charge is 0.124 e. The Morgan fingerprint density at radius 1 is 1.40 bits per heavy atom. The molecule has 0 saturated carbocycles. The van der Waals surface area contributed by atoms with Crippen molar-refractivity contribution in [2.24, 2.45) is 11.7 Å². The van der Waals surface area contributed by atoms with Gasteiger partial charge in [-0.05, 0) is 20.2 Å². The van der Waals surface area contributed by atoms with Crippen molar-refractivity contribution in [2.75, 3.05) is 27.2 Å². The third-order valence-electron chi connectivity index (χ3n) is 2.84. The summed E-state index contributed by atoms with van der Waals surface area (Å²) in [4.78, 5) is 2.15. The van der Waals surface area contributed by atoms with Gasteiger partial charge in [-0.15, -0.1) is 0 Å². The predicted molar refractivity (Wildman–Crippen MR) is 60.9 cm³/mol. The first-order chi connectivity index (χ1) is 7.18. The van der Waals surface area contributed by atoms with Crippen LogP contribution in [0.3, 0.4) is 0 Å². The molecule has 0 bridgehead atoms. The summed E-state index contributed by atoms with van der Waals surface area (Å²) in [6.07, 6.45) is 0. The second kappa shape index (κ2) is 4.21. The molecule has 0 amide bonds. The Hall–Kier alpha value is -1.06. The molecule has 1 heterocycles. The van der Waals surface area contributed by atoms with E-state index in [1.54, 1.807) is 0 Å². The summed E-state index contributed by atoms with van der Waals surface area (Å²) in [5, 5.41) is 0. The second-order valence-electron chi connectivity index (χ2n) is 4.40. The summed E-state index contributed by atoms with van der Waals surface area (Å²) < 4.78 is 5.70. The number of rotatable bonds is 2. The summed E-state index contributed by atoms with van der Waals surface area (Å²) in [6, 6.07) is 8.14. The molecule has 3 nitrogen and oxygen atoms in total. The van der Waals surface area contributed by atoms with Crippen LogP contribution >= 0.6 is 0 Å². The quantitative estimate of drug-likeness (QED) is 0.791. The van der Waals surface area contributed by atoms with Crippen molar-refractivity contribution in [3.8, 4) is 5.75 Å². The second-order valence-corrected chi connectivity index (χ2v) is 4.40. The molecule has 0 fully saturated rings. The van der Waals surface area contributed by atoms with Crippen molar-refractivity contribution in [3.63, 3.8) is 0 Å². The monoisotopic (exact) mass is 206 g/mol. The van der Waals surface area contributed by atoms with Crippen LogP contribution in [0.25, 0.3) is 0 Å². The van der Waals surface area contributed by atoms with Gasteiger partial charge in [0, 0.05) is 24.1 Å². The van der Waals surface area contributed by atoms with E-state index in [0.717, 1.165) is 24.5 Å². The molecular weight excluding hydrogens is 188 g/mol. The minimum absolute atomic E-state index is 0.0948. The molecule has 0 saturated heterocycles. The third kappa shape index (κ3) is 2.13. The minimum Gasteiger partial charge on any atom is -0.493 e. The van der Waals surface area contributed by atoms with Crippen molar-refractivity contribution < 1.29 is 4.74 Å². The molecule has 2 atom stereocenters. The lowest BCUT2D eigenvalue weighted by Gasteiger charge is -2.32. The van der Waals surface area contributed by atoms with Gasteiger partial charge in [0.25, 0.3) is 0 Å². The molecule has 2 N–H and O–H groups in total. The van der Waals surface area contributed by atoms with Gasteiger partial charge in [-0.2, -0.15) is 0 Å². The zero-order chi connectivity index (χ0) is 10.8. The van der Waals surface area contributed by atoms with E-state index in [9.17, 15) is 0 Å². The van der Waals surface area contributed by atoms with Crippen LogP contribution < -0.4 is 10.5 Å². The normalized spacial score (nSPS) is 24.8. The van der Waals surface area contributed by atoms with Gasteiger partial charge in [0.2, 0.25) is 0 Å². The molecular formula is C12H18N2O. The van der Waals surface area contributed by atoms with Gasteiger partial charge in [-0.1, -0.05) is 18.2 Å². The average Bonchev–Trinajstić information content (AvgIpc) is 2.22. The van der Waals surface area contributed by atoms with E-state index in [4.69, 9.17) is 10.5 Å². The number of benzene rings is 1. The van der Waals surface area contributed by atoms with Gasteiger partial charge in [-0.3, -0.25) is 0 Å². The standard InChI is InChI=1S/C12H18N2O/c1-14(2)7-9-8-15-11-6-4-3-5-10(11)12(9)13/h3-6,9,12H,7-8,13H2,1-2H3/t9-,12-/m0/s1. The Kier molecular flexibility index (Phi) is 2.93. The van der Waals surface area contributed by atoms with E-state index >= 15 is 0 Å². The Balaban J connectivity index is 2.18. The van der Waals surface area contributed by atoms with Crippen LogP contribution in [0.2, 0.25) is 0 Å². The molecule has 0 aliphatic carbocycles. The number of para-hydroxylation sites is 1. The highest BCUT2D eigenvalue weighted by Crippen LogP contribution is 2.33. The van der Waals surface area contributed by atoms with Gasteiger partial charge >= 0.3 is 0 Å². The zero-order valence-corrected chi connectivity index (χ0v) is 9.31. The lowest BCUT2D eigenvalue weighted by molar-refractivity contribution is 0.163. The van der Waals surface area contributed by atoms with Crippen molar-refractivity contribution in [2.45, 2.75) is 6.04 Å². The number of fused-ring (bicyclic) bond motifs is 1. The van der Waals surface area contributed by atoms with Gasteiger partial charge in [-0.25, -0.2) is 0 Å². The van der Waals surface area contributed by atoms with Crippen LogP contribution in [0.1, 0.15) is 11.6 Å². The lowest BCUT2D eigenvalue weighted by Crippen LogP contribution is -2.37. The summed E-state index contributed by atoms with van der Waals surface area (Å²) in [7, 11) is 4.13. The molecule has 0 spiro atoms. The minimum atomic E-state index is 0.0948. The highest BCUT2D eigenvalue weighted by Gasteiger charge is 2.27. The van der Waals surface area contributed by atoms with E-state index in [1.807, 2.05) is 18.2 Å². The highest BCUT2D eigenvalue weighted by atomic mass is 16.5. The van der Waals surface area contributed by atoms with Crippen LogP contribution in [-0.4, -0.2) is 32.1 Å². The number of hydrogen-bond acceptors (Lipinski definition) is 3. The van der Waals surface area contributed by atoms with Crippen LogP contribution in [0.15, 0.2) is 24.3 Å². The number of nitrogens with zero attached hydrogens (tertiary/aromatic N) is 1. The Labute approximate surface area is 90.8 Å². The largest absolute Gasteiger partial charge is 0.493 e. The Bertz CT molecular complexity index is 338. The van der Waals surface area contributed by atoms with Crippen LogP contribution in [0, 0.1) is 5.92 Å². The number of ether oxygens (including phenoxy) is 1. The van der Waals surface area contributed by atoms with E-state index in [2.05, 4.69) is 25.1 Å². The molecule has 0 radical (unpaired) electrons. The Morgan fingerprint density at radius 3 is 2.87 bits per heavy atom. The lowest BCUT2D eigenvalue weighted by atomic mass is 9.91. The molecule has 1 aromatic rings. The number of nitrogens with two attached hydrogens (primary N) is 1. The fraction of sp³-hybridized carbons (Fsp3) is 0.500. The molecule has 15 heavy (non-hydrogen) atoms. The van der Waals surface area contributed by atoms with Crippen molar-refractivity contribution in [1.82, 2.24) is 4.90 Å². The maximum absolute atomic E-state index is 6.23. The van der Waals surface area contributed by atoms with Crippen LogP contribution in [0.5, 0.6) is 5.75 Å². The maximum atomic E-state index is 6.23. The molecule has 0 unspecified atom stereocenters. The van der Waals surface area contributed by atoms with E-state index in [-0.39, 0.29) is 6.04 Å². The van der Waals surface area contributed by atoms with Crippen molar-refractivity contribution in [1.29, 1.82) is 0 Å². The first-order valence-electron chi connectivity index (χ1n) is 5.30. The molecule has 82 valence electrons. The fourth-order valence-corrected chi connectivity index (χ4v) is 2.08. The average molecular weight is 206 g/mol. The van der Waals surface area contributed by atoms with Gasteiger partial charge in [0.15, 0.2) is 0 Å². The third-order valence-corrected chi connectivity index (χ3v) is 2.84. The van der Waals surface area contributed by atoms with E-state index < -0.39 is 0 Å². The summed E-state index contributed by atoms with van der Waals surface area (Å²) in [6.45, 7) is 1.69. The van der Waals surface area contributed by atoms with Gasteiger partial charge in [0.1, 0.15) is 5.75 Å². The topological polar surface area (TPSA) is 38.5 Å². The SMILES string of the molecule is CN(C)C[C@H]1COc2ccccc2[C@H]1N. The van der Waals surface area contributed by atoms with Crippen molar-refractivity contribution in [3.05, 3.63) is 29.8 Å². The van der Waals surface area contributed by atoms with Gasteiger partial charge in [0.05, 0.1) is 6.61 Å². The molecule has 1 aliphatic rings. The van der Waals surface area contributed by atoms with Gasteiger partial charge < -0.3 is 15.4 Å². The Morgan fingerprint density at radius 2 is 2.13 bits per heavy atom. The molecule has 1 aromatic carbocycles. The molecule has 0 aromatic heterocycles. The van der Waals surface area contributed by atoms with Crippen LogP contribution in [0.4, 0.5) is 0 Å². The first kappa shape index (κ1) is 10.5. The summed E-state index contributed by atoms with van der Waals surface area (Å²) >= 11 is 0. The molecule has 3 heteroatoms. The fourth-order valence-electron chi connectivity index (χ4n) is 2.08. The highest BCUT2D eigenvalue weighted by molar-refractivity contribution is 5.37. The van der Waals surface area contributed by atoms with E-state index in [1.165, 1.54) is 0 Å². The first-order valence-corrected chi connectivity index (χ1v) is 5.30. The zero-order valence-electron chi connectivity index (χ0n) is 9.31. The summed E-state index contributed by atoms with van der Waals surface area (Å²) in [5.41, 5.74) is 7.37. The van der Waals surface area contributed by atoms with Crippen LogP contribution in [-0.2, 0) is 0 Å². The summed E-state index contributed by atoms with van der Waals surface area (Å²) in [5.74, 6) is 1.33. The van der Waals surface area contributed by atoms with E-state index in [0.29, 0.717) is 5.92 Å². The maximum Gasteiger partial charge on any atom is 0.124 e. The molecule has 2 rings (SSSR count). The predicted octanol–water partition coefficient (Wildman–Crippen LogP) is 1.26. The number of hydrogen-bond donors (Lipinski definition) is 1.